The van der Waals surface area contributed by atoms with Crippen molar-refractivity contribution in [1.29, 1.82) is 0 Å². The minimum Gasteiger partial charge on any atom is -0.427 e. The first kappa shape index (κ1) is 18.5. The summed E-state index contributed by atoms with van der Waals surface area (Å²) in [6.07, 6.45) is 5.45. The van der Waals surface area contributed by atoms with E-state index >= 15 is 0 Å². The number of anilines is 1. The minimum atomic E-state index is -0.464. The van der Waals surface area contributed by atoms with E-state index in [1.54, 1.807) is 27.0 Å². The molecule has 0 bridgehead atoms. The summed E-state index contributed by atoms with van der Waals surface area (Å²) in [6, 6.07) is 6.15. The van der Waals surface area contributed by atoms with Crippen molar-refractivity contribution in [3.63, 3.8) is 0 Å². The van der Waals surface area contributed by atoms with Crippen LogP contribution in [0.15, 0.2) is 42.2 Å². The third kappa shape index (κ3) is 3.79. The molecule has 0 N–H and O–H groups in total. The highest BCUT2D eigenvalue weighted by atomic mass is 16.5. The Kier molecular flexibility index (Phi) is 5.36. The van der Waals surface area contributed by atoms with Crippen LogP contribution < -0.4 is 10.4 Å². The van der Waals surface area contributed by atoms with Gasteiger partial charge in [0.25, 0.3) is 0 Å². The average Bonchev–Trinajstić information content (AvgIpc) is 2.55. The first-order valence-corrected chi connectivity index (χ1v) is 8.00. The normalized spacial score (nSPS) is 16.4. The average molecular weight is 325 g/mol. The molecule has 0 amide bonds. The van der Waals surface area contributed by atoms with Gasteiger partial charge in [0.1, 0.15) is 0 Å². The molecule has 1 aromatic rings. The van der Waals surface area contributed by atoms with Gasteiger partial charge in [-0.3, -0.25) is 4.99 Å². The van der Waals surface area contributed by atoms with Crippen molar-refractivity contribution in [2.24, 2.45) is 4.99 Å². The molecule has 1 heterocycles. The van der Waals surface area contributed by atoms with Crippen LogP contribution in [-0.2, 0) is 9.39 Å². The molecule has 1 radical (unpaired) electrons. The summed E-state index contributed by atoms with van der Waals surface area (Å²) in [5, 5.41) is 0. The van der Waals surface area contributed by atoms with E-state index in [1.165, 1.54) is 0 Å². The van der Waals surface area contributed by atoms with Crippen molar-refractivity contribution in [3.05, 3.63) is 42.7 Å². The number of rotatable bonds is 5. The second-order valence-corrected chi connectivity index (χ2v) is 6.95. The van der Waals surface area contributed by atoms with Crippen LogP contribution in [0.2, 0.25) is 0 Å². The number of methoxy groups -OCH3 is 1. The van der Waals surface area contributed by atoms with Crippen LogP contribution >= 0.6 is 0 Å². The highest BCUT2D eigenvalue weighted by molar-refractivity contribution is 6.47. The lowest BCUT2D eigenvalue weighted by Gasteiger charge is -2.40. The standard InChI is InChI=1S/C19H26BN2O2/c1-14-13-21-10-11-22(6)17-12-15(8-9-16(14)17)20-24-19(4,5)18(2,3)23-7/h8-13H,1H2,2-7H3/b11-10-,21-13?. The smallest absolute Gasteiger partial charge is 0.330 e. The van der Waals surface area contributed by atoms with Gasteiger partial charge in [-0.05, 0) is 39.3 Å². The Labute approximate surface area is 146 Å². The highest BCUT2D eigenvalue weighted by Gasteiger charge is 2.37. The molecule has 1 aliphatic rings. The molecule has 0 saturated heterocycles. The fourth-order valence-corrected chi connectivity index (χ4v) is 2.21. The summed E-state index contributed by atoms with van der Waals surface area (Å²) in [6.45, 7) is 12.2. The molecule has 1 aromatic carbocycles. The Hall–Kier alpha value is -1.85. The molecule has 0 aliphatic carbocycles. The summed E-state index contributed by atoms with van der Waals surface area (Å²) in [4.78, 5) is 6.22. The number of hydrogen-bond donors (Lipinski definition) is 0. The predicted octanol–water partition coefficient (Wildman–Crippen LogP) is 3.16. The second kappa shape index (κ2) is 6.95. The number of hydrogen-bond acceptors (Lipinski definition) is 4. The van der Waals surface area contributed by atoms with Crippen molar-refractivity contribution in [3.8, 4) is 0 Å². The molecule has 0 fully saturated rings. The van der Waals surface area contributed by atoms with Crippen molar-refractivity contribution >= 4 is 30.4 Å². The maximum absolute atomic E-state index is 6.04. The third-order valence-corrected chi connectivity index (χ3v) is 4.80. The van der Waals surface area contributed by atoms with Gasteiger partial charge in [0.05, 0.1) is 11.2 Å². The van der Waals surface area contributed by atoms with Crippen LogP contribution in [0.3, 0.4) is 0 Å². The largest absolute Gasteiger partial charge is 0.427 e. The molecule has 5 heteroatoms. The van der Waals surface area contributed by atoms with Crippen molar-refractivity contribution in [1.82, 2.24) is 0 Å². The third-order valence-electron chi connectivity index (χ3n) is 4.80. The molecule has 1 aliphatic heterocycles. The van der Waals surface area contributed by atoms with E-state index in [2.05, 4.69) is 17.6 Å². The van der Waals surface area contributed by atoms with Gasteiger partial charge < -0.3 is 14.3 Å². The van der Waals surface area contributed by atoms with E-state index < -0.39 is 11.2 Å². The second-order valence-electron chi connectivity index (χ2n) is 6.95. The maximum Gasteiger partial charge on any atom is 0.330 e. The van der Waals surface area contributed by atoms with Crippen LogP contribution in [-0.4, -0.2) is 39.1 Å². The van der Waals surface area contributed by atoms with Crippen LogP contribution in [0, 0.1) is 0 Å². The Balaban J connectivity index is 2.24. The SMILES string of the molecule is C=C1C=N/C=C\N(C)c2cc([B]OC(C)(C)C(C)(C)OC)ccc21. The van der Waals surface area contributed by atoms with E-state index in [0.717, 1.165) is 22.3 Å². The molecule has 0 atom stereocenters. The van der Waals surface area contributed by atoms with E-state index in [9.17, 15) is 0 Å². The number of fused-ring (bicyclic) bond motifs is 1. The first-order chi connectivity index (χ1) is 11.2. The summed E-state index contributed by atoms with van der Waals surface area (Å²) < 4.78 is 11.6. The molecule has 2 rings (SSSR count). The van der Waals surface area contributed by atoms with Gasteiger partial charge in [0.2, 0.25) is 0 Å². The molecule has 0 unspecified atom stereocenters. The zero-order chi connectivity index (χ0) is 18.0. The number of aliphatic imine (C=N–C) groups is 1. The van der Waals surface area contributed by atoms with Gasteiger partial charge in [-0.2, -0.15) is 0 Å². The number of nitrogens with zero attached hydrogens (tertiary/aromatic N) is 2. The van der Waals surface area contributed by atoms with Crippen LogP contribution in [0.25, 0.3) is 5.57 Å². The van der Waals surface area contributed by atoms with Crippen LogP contribution in [0.1, 0.15) is 33.3 Å². The number of ether oxygens (including phenoxy) is 1. The van der Waals surface area contributed by atoms with Gasteiger partial charge in [0.15, 0.2) is 0 Å². The quantitative estimate of drug-likeness (QED) is 0.780. The van der Waals surface area contributed by atoms with Crippen molar-refractivity contribution < 1.29 is 9.39 Å². The molecule has 0 saturated carbocycles. The van der Waals surface area contributed by atoms with Crippen molar-refractivity contribution in [2.75, 3.05) is 19.1 Å². The predicted molar refractivity (Wildman–Crippen MR) is 103 cm³/mol. The van der Waals surface area contributed by atoms with E-state index in [1.807, 2.05) is 58.0 Å². The lowest BCUT2D eigenvalue weighted by Crippen LogP contribution is -2.50. The fraction of sp³-hybridized carbons (Fsp3) is 0.421. The van der Waals surface area contributed by atoms with Gasteiger partial charge in [-0.15, -0.1) is 0 Å². The van der Waals surface area contributed by atoms with E-state index in [0.29, 0.717) is 0 Å². The maximum atomic E-state index is 6.04. The van der Waals surface area contributed by atoms with Crippen LogP contribution in [0.4, 0.5) is 5.69 Å². The summed E-state index contributed by atoms with van der Waals surface area (Å²) in [5.74, 6) is 0. The molecule has 0 aromatic heterocycles. The lowest BCUT2D eigenvalue weighted by molar-refractivity contribution is -0.114. The van der Waals surface area contributed by atoms with Gasteiger partial charge in [0, 0.05) is 44.0 Å². The monoisotopic (exact) mass is 325 g/mol. The fourth-order valence-electron chi connectivity index (χ4n) is 2.21. The Bertz CT molecular complexity index is 678. The van der Waals surface area contributed by atoms with Crippen molar-refractivity contribution in [2.45, 2.75) is 38.9 Å². The molecule has 4 nitrogen and oxygen atoms in total. The van der Waals surface area contributed by atoms with Gasteiger partial charge in [-0.25, -0.2) is 0 Å². The Morgan fingerprint density at radius 1 is 1.17 bits per heavy atom. The van der Waals surface area contributed by atoms with Gasteiger partial charge >= 0.3 is 7.48 Å². The van der Waals surface area contributed by atoms with E-state index in [-0.39, 0.29) is 0 Å². The lowest BCUT2D eigenvalue weighted by atomic mass is 9.81. The highest BCUT2D eigenvalue weighted by Crippen LogP contribution is 2.28. The molecule has 127 valence electrons. The van der Waals surface area contributed by atoms with E-state index in [4.69, 9.17) is 9.39 Å². The Morgan fingerprint density at radius 2 is 1.88 bits per heavy atom. The topological polar surface area (TPSA) is 34.1 Å². The summed E-state index contributed by atoms with van der Waals surface area (Å²) >= 11 is 0. The minimum absolute atomic E-state index is 0.405. The molecular weight excluding hydrogens is 299 g/mol. The number of allylic oxidation sites excluding steroid dienone is 1. The molecule has 0 spiro atoms. The summed E-state index contributed by atoms with van der Waals surface area (Å²) in [5.41, 5.74) is 3.11. The Morgan fingerprint density at radius 3 is 2.54 bits per heavy atom. The molecular formula is C19H26BN2O2. The summed E-state index contributed by atoms with van der Waals surface area (Å²) in [7, 11) is 5.48. The number of benzene rings is 1. The zero-order valence-corrected chi connectivity index (χ0v) is 15.5. The zero-order valence-electron chi connectivity index (χ0n) is 15.5. The first-order valence-electron chi connectivity index (χ1n) is 8.00. The van der Waals surface area contributed by atoms with Crippen LogP contribution in [0.5, 0.6) is 0 Å². The molecule has 24 heavy (non-hydrogen) atoms. The van der Waals surface area contributed by atoms with Gasteiger partial charge in [-0.1, -0.05) is 24.2 Å².